The lowest BCUT2D eigenvalue weighted by molar-refractivity contribution is -0.109. The van der Waals surface area contributed by atoms with Crippen molar-refractivity contribution in [3.63, 3.8) is 0 Å². The van der Waals surface area contributed by atoms with Gasteiger partial charge in [0.15, 0.2) is 5.12 Å². The highest BCUT2D eigenvalue weighted by atomic mass is 32.2. The van der Waals surface area contributed by atoms with Crippen molar-refractivity contribution in [3.05, 3.63) is 35.1 Å². The van der Waals surface area contributed by atoms with Gasteiger partial charge in [0.05, 0.1) is 0 Å². The molecule has 1 rings (SSSR count). The molecule has 0 aliphatic rings. The molecule has 0 saturated heterocycles. The lowest BCUT2D eigenvalue weighted by atomic mass is 10.1. The fourth-order valence-electron chi connectivity index (χ4n) is 1.22. The van der Waals surface area contributed by atoms with Gasteiger partial charge in [0, 0.05) is 24.7 Å². The minimum absolute atomic E-state index is 0.100. The van der Waals surface area contributed by atoms with Crippen LogP contribution in [0.25, 0.3) is 0 Å². The normalized spacial score (nSPS) is 9.44. The van der Waals surface area contributed by atoms with E-state index in [0.717, 1.165) is 5.56 Å². The SMILES string of the molecule is CC(=O)SCCC#Cc1cc(C)cc(F)c1. The number of rotatable bonds is 2. The first kappa shape index (κ1) is 12.8. The van der Waals surface area contributed by atoms with Crippen molar-refractivity contribution >= 4 is 16.9 Å². The lowest BCUT2D eigenvalue weighted by Crippen LogP contribution is -1.85. The van der Waals surface area contributed by atoms with Crippen molar-refractivity contribution < 1.29 is 9.18 Å². The zero-order chi connectivity index (χ0) is 12.0. The first-order chi connectivity index (χ1) is 7.58. The molecule has 84 valence electrons. The van der Waals surface area contributed by atoms with E-state index < -0.39 is 0 Å². The summed E-state index contributed by atoms with van der Waals surface area (Å²) in [5.41, 5.74) is 1.55. The van der Waals surface area contributed by atoms with Crippen molar-refractivity contribution in [1.29, 1.82) is 0 Å². The third-order valence-corrected chi connectivity index (χ3v) is 2.62. The van der Waals surface area contributed by atoms with Crippen LogP contribution in [0.1, 0.15) is 24.5 Å². The van der Waals surface area contributed by atoms with E-state index in [1.54, 1.807) is 0 Å². The summed E-state index contributed by atoms with van der Waals surface area (Å²) < 4.78 is 13.0. The molecule has 16 heavy (non-hydrogen) atoms. The van der Waals surface area contributed by atoms with Gasteiger partial charge in [-0.25, -0.2) is 4.39 Å². The molecule has 1 nitrogen and oxygen atoms in total. The van der Waals surface area contributed by atoms with Crippen LogP contribution >= 0.6 is 11.8 Å². The maximum atomic E-state index is 13.0. The summed E-state index contributed by atoms with van der Waals surface area (Å²) in [6.45, 7) is 3.37. The second-order valence-corrected chi connectivity index (χ2v) is 4.68. The van der Waals surface area contributed by atoms with E-state index in [0.29, 0.717) is 17.7 Å². The largest absolute Gasteiger partial charge is 0.288 e. The Morgan fingerprint density at radius 3 is 2.81 bits per heavy atom. The topological polar surface area (TPSA) is 17.1 Å². The Bertz CT molecular complexity index is 423. The lowest BCUT2D eigenvalue weighted by Gasteiger charge is -1.95. The van der Waals surface area contributed by atoms with E-state index in [-0.39, 0.29) is 10.9 Å². The van der Waals surface area contributed by atoms with Crippen LogP contribution in [0.2, 0.25) is 0 Å². The molecule has 0 aliphatic carbocycles. The Balaban J connectivity index is 2.53. The summed E-state index contributed by atoms with van der Waals surface area (Å²) >= 11 is 1.26. The van der Waals surface area contributed by atoms with Crippen LogP contribution in [0.4, 0.5) is 4.39 Å². The molecular formula is C13H13FOS. The zero-order valence-electron chi connectivity index (χ0n) is 9.34. The number of carbonyl (C=O) groups is 1. The zero-order valence-corrected chi connectivity index (χ0v) is 10.2. The molecule has 0 amide bonds. The Morgan fingerprint density at radius 2 is 2.19 bits per heavy atom. The summed E-state index contributed by atoms with van der Waals surface area (Å²) in [6.07, 6.45) is 0.639. The summed E-state index contributed by atoms with van der Waals surface area (Å²) in [6, 6.07) is 4.73. The summed E-state index contributed by atoms with van der Waals surface area (Å²) in [7, 11) is 0. The average molecular weight is 236 g/mol. The molecule has 0 spiro atoms. The number of hydrogen-bond donors (Lipinski definition) is 0. The molecule has 3 heteroatoms. The van der Waals surface area contributed by atoms with E-state index in [1.807, 2.05) is 13.0 Å². The van der Waals surface area contributed by atoms with Crippen molar-refractivity contribution in [2.45, 2.75) is 20.3 Å². The van der Waals surface area contributed by atoms with Crippen LogP contribution in [0.5, 0.6) is 0 Å². The first-order valence-corrected chi connectivity index (χ1v) is 5.96. The summed E-state index contributed by atoms with van der Waals surface area (Å²) in [5, 5.41) is 0.100. The third kappa shape index (κ3) is 4.99. The standard InChI is InChI=1S/C13H13FOS/c1-10-7-12(9-13(14)8-10)5-3-4-6-16-11(2)15/h7-9H,4,6H2,1-2H3. The van der Waals surface area contributed by atoms with Gasteiger partial charge in [0.2, 0.25) is 0 Å². The molecule has 0 fully saturated rings. The van der Waals surface area contributed by atoms with E-state index in [9.17, 15) is 9.18 Å². The van der Waals surface area contributed by atoms with Gasteiger partial charge < -0.3 is 0 Å². The summed E-state index contributed by atoms with van der Waals surface area (Å²) in [5.74, 6) is 6.24. The molecule has 0 heterocycles. The molecule has 0 aromatic heterocycles. The van der Waals surface area contributed by atoms with Crippen LogP contribution < -0.4 is 0 Å². The van der Waals surface area contributed by atoms with Gasteiger partial charge in [-0.15, -0.1) is 0 Å². The van der Waals surface area contributed by atoms with Gasteiger partial charge in [0.1, 0.15) is 5.82 Å². The highest BCUT2D eigenvalue weighted by Gasteiger charge is 1.94. The number of aryl methyl sites for hydroxylation is 1. The van der Waals surface area contributed by atoms with E-state index in [2.05, 4.69) is 11.8 Å². The second kappa shape index (κ2) is 6.34. The molecule has 0 saturated carbocycles. The number of hydrogen-bond acceptors (Lipinski definition) is 2. The van der Waals surface area contributed by atoms with Crippen LogP contribution in [0.15, 0.2) is 18.2 Å². The van der Waals surface area contributed by atoms with E-state index >= 15 is 0 Å². The van der Waals surface area contributed by atoms with Crippen molar-refractivity contribution in [2.24, 2.45) is 0 Å². The van der Waals surface area contributed by atoms with Gasteiger partial charge in [-0.3, -0.25) is 4.79 Å². The molecule has 0 unspecified atom stereocenters. The average Bonchev–Trinajstić information content (AvgIpc) is 2.15. The molecular weight excluding hydrogens is 223 g/mol. The Kier molecular flexibility index (Phi) is 5.07. The second-order valence-electron chi connectivity index (χ2n) is 3.41. The predicted molar refractivity (Wildman–Crippen MR) is 65.8 cm³/mol. The molecule has 1 aromatic carbocycles. The first-order valence-electron chi connectivity index (χ1n) is 4.97. The minimum Gasteiger partial charge on any atom is -0.288 e. The van der Waals surface area contributed by atoms with Crippen LogP contribution in [-0.4, -0.2) is 10.9 Å². The van der Waals surface area contributed by atoms with Gasteiger partial charge in [-0.2, -0.15) is 0 Å². The predicted octanol–water partition coefficient (Wildman–Crippen LogP) is 3.16. The molecule has 0 atom stereocenters. The maximum absolute atomic E-state index is 13.0. The van der Waals surface area contributed by atoms with Crippen molar-refractivity contribution in [2.75, 3.05) is 5.75 Å². The number of halogens is 1. The van der Waals surface area contributed by atoms with Crippen molar-refractivity contribution in [3.8, 4) is 11.8 Å². The highest BCUT2D eigenvalue weighted by Crippen LogP contribution is 2.07. The number of carbonyl (C=O) groups excluding carboxylic acids is 1. The number of thioether (sulfide) groups is 1. The van der Waals surface area contributed by atoms with Crippen molar-refractivity contribution in [1.82, 2.24) is 0 Å². The van der Waals surface area contributed by atoms with Gasteiger partial charge in [0.25, 0.3) is 0 Å². The Hall–Kier alpha value is -1.27. The van der Waals surface area contributed by atoms with E-state index in [4.69, 9.17) is 0 Å². The smallest absolute Gasteiger partial charge is 0.185 e. The van der Waals surface area contributed by atoms with E-state index in [1.165, 1.54) is 30.8 Å². The fraction of sp³-hybridized carbons (Fsp3) is 0.308. The molecule has 1 aromatic rings. The highest BCUT2D eigenvalue weighted by molar-refractivity contribution is 8.13. The monoisotopic (exact) mass is 236 g/mol. The quantitative estimate of drug-likeness (QED) is 0.579. The molecule has 0 N–H and O–H groups in total. The van der Waals surface area contributed by atoms with Gasteiger partial charge in [-0.1, -0.05) is 23.6 Å². The summed E-state index contributed by atoms with van der Waals surface area (Å²) in [4.78, 5) is 10.6. The number of benzene rings is 1. The Morgan fingerprint density at radius 1 is 1.44 bits per heavy atom. The molecule has 0 bridgehead atoms. The molecule has 0 aliphatic heterocycles. The maximum Gasteiger partial charge on any atom is 0.185 e. The van der Waals surface area contributed by atoms with Crippen LogP contribution in [0.3, 0.4) is 0 Å². The van der Waals surface area contributed by atoms with Gasteiger partial charge in [-0.05, 0) is 30.7 Å². The third-order valence-electron chi connectivity index (χ3n) is 1.81. The van der Waals surface area contributed by atoms with Crippen LogP contribution in [0, 0.1) is 24.6 Å². The fourth-order valence-corrected chi connectivity index (χ4v) is 1.71. The molecule has 0 radical (unpaired) electrons. The minimum atomic E-state index is -0.262. The Labute approximate surface area is 99.4 Å². The van der Waals surface area contributed by atoms with Crippen LogP contribution in [-0.2, 0) is 4.79 Å². The van der Waals surface area contributed by atoms with Gasteiger partial charge >= 0.3 is 0 Å².